The van der Waals surface area contributed by atoms with E-state index >= 15 is 0 Å². The van der Waals surface area contributed by atoms with Crippen molar-refractivity contribution in [2.24, 2.45) is 0 Å². The number of aromatic nitrogens is 1. The van der Waals surface area contributed by atoms with Crippen LogP contribution in [0.1, 0.15) is 23.3 Å². The normalized spacial score (nSPS) is 19.2. The number of hydrogen-bond acceptors (Lipinski definition) is 4. The third kappa shape index (κ3) is 3.63. The third-order valence-corrected chi connectivity index (χ3v) is 3.02. The fourth-order valence-electron chi connectivity index (χ4n) is 2.11. The Bertz CT molecular complexity index is 471. The first-order valence-electron chi connectivity index (χ1n) is 6.41. The van der Waals surface area contributed by atoms with Crippen LogP contribution in [0.3, 0.4) is 0 Å². The van der Waals surface area contributed by atoms with Gasteiger partial charge in [0.25, 0.3) is 12.3 Å². The van der Waals surface area contributed by atoms with Gasteiger partial charge < -0.3 is 14.7 Å². The maximum absolute atomic E-state index is 12.3. The van der Waals surface area contributed by atoms with E-state index in [1.54, 1.807) is 0 Å². The minimum absolute atomic E-state index is 0.00208. The second kappa shape index (κ2) is 6.60. The molecule has 110 valence electrons. The third-order valence-electron chi connectivity index (χ3n) is 3.02. The summed E-state index contributed by atoms with van der Waals surface area (Å²) in [4.78, 5) is 17.7. The monoisotopic (exact) mass is 286 g/mol. The molecular formula is C13H16F2N2O3. The zero-order chi connectivity index (χ0) is 14.5. The standard InChI is InChI=1S/C13H16F2N2O3/c14-11(15)8-20-10-4-1-5-16-12(10)13(19)17-6-2-3-9(18)7-17/h1,4-5,9,11,18H,2-3,6-8H2. The van der Waals surface area contributed by atoms with Crippen molar-refractivity contribution in [1.82, 2.24) is 9.88 Å². The van der Waals surface area contributed by atoms with Gasteiger partial charge in [0.1, 0.15) is 6.61 Å². The second-order valence-electron chi connectivity index (χ2n) is 4.60. The highest BCUT2D eigenvalue weighted by molar-refractivity contribution is 5.95. The van der Waals surface area contributed by atoms with Gasteiger partial charge in [-0.1, -0.05) is 0 Å². The van der Waals surface area contributed by atoms with Crippen LogP contribution in [0.4, 0.5) is 8.78 Å². The molecule has 0 saturated carbocycles. The van der Waals surface area contributed by atoms with Gasteiger partial charge in [0, 0.05) is 19.3 Å². The summed E-state index contributed by atoms with van der Waals surface area (Å²) in [5, 5.41) is 9.58. The molecule has 0 spiro atoms. The average Bonchev–Trinajstić information content (AvgIpc) is 2.44. The molecule has 7 heteroatoms. The van der Waals surface area contributed by atoms with Crippen LogP contribution in [0.5, 0.6) is 5.75 Å². The number of piperidine rings is 1. The lowest BCUT2D eigenvalue weighted by Gasteiger charge is -2.30. The summed E-state index contributed by atoms with van der Waals surface area (Å²) in [7, 11) is 0. The van der Waals surface area contributed by atoms with Crippen molar-refractivity contribution in [3.8, 4) is 5.75 Å². The number of amides is 1. The van der Waals surface area contributed by atoms with Crippen LogP contribution in [0.2, 0.25) is 0 Å². The van der Waals surface area contributed by atoms with Crippen molar-refractivity contribution in [1.29, 1.82) is 0 Å². The van der Waals surface area contributed by atoms with Gasteiger partial charge in [-0.05, 0) is 25.0 Å². The summed E-state index contributed by atoms with van der Waals surface area (Å²) in [5.41, 5.74) is 0.00208. The summed E-state index contributed by atoms with van der Waals surface area (Å²) in [6.45, 7) is -0.0426. The highest BCUT2D eigenvalue weighted by Crippen LogP contribution is 2.20. The molecule has 1 N–H and O–H groups in total. The van der Waals surface area contributed by atoms with Gasteiger partial charge >= 0.3 is 0 Å². The summed E-state index contributed by atoms with van der Waals surface area (Å²) < 4.78 is 29.3. The largest absolute Gasteiger partial charge is 0.485 e. The molecule has 0 bridgehead atoms. The number of hydrogen-bond donors (Lipinski definition) is 1. The van der Waals surface area contributed by atoms with E-state index < -0.39 is 25.0 Å². The first-order chi connectivity index (χ1) is 9.58. The number of halogens is 2. The van der Waals surface area contributed by atoms with E-state index in [1.165, 1.54) is 23.2 Å². The molecule has 5 nitrogen and oxygen atoms in total. The molecule has 0 aromatic carbocycles. The highest BCUT2D eigenvalue weighted by Gasteiger charge is 2.26. The van der Waals surface area contributed by atoms with E-state index in [0.29, 0.717) is 19.4 Å². The van der Waals surface area contributed by atoms with Crippen LogP contribution in [0, 0.1) is 0 Å². The molecule has 0 radical (unpaired) electrons. The fourth-order valence-corrected chi connectivity index (χ4v) is 2.11. The molecule has 1 atom stereocenters. The molecule has 2 rings (SSSR count). The Morgan fingerprint density at radius 1 is 1.60 bits per heavy atom. The van der Waals surface area contributed by atoms with Crippen LogP contribution >= 0.6 is 0 Å². The number of ether oxygens (including phenoxy) is 1. The van der Waals surface area contributed by atoms with Gasteiger partial charge in [-0.15, -0.1) is 0 Å². The first kappa shape index (κ1) is 14.6. The first-order valence-corrected chi connectivity index (χ1v) is 6.41. The number of nitrogens with zero attached hydrogens (tertiary/aromatic N) is 2. The Balaban J connectivity index is 2.12. The van der Waals surface area contributed by atoms with Crippen molar-refractivity contribution >= 4 is 5.91 Å². The highest BCUT2D eigenvalue weighted by atomic mass is 19.3. The SMILES string of the molecule is O=C(c1ncccc1OCC(F)F)N1CCCC(O)C1. The van der Waals surface area contributed by atoms with Crippen LogP contribution < -0.4 is 4.74 Å². The molecule has 1 amide bonds. The van der Waals surface area contributed by atoms with Crippen molar-refractivity contribution < 1.29 is 23.4 Å². The van der Waals surface area contributed by atoms with E-state index in [-0.39, 0.29) is 18.0 Å². The van der Waals surface area contributed by atoms with Gasteiger partial charge in [0.05, 0.1) is 6.10 Å². The Kier molecular flexibility index (Phi) is 4.84. The van der Waals surface area contributed by atoms with E-state index in [1.807, 2.05) is 0 Å². The van der Waals surface area contributed by atoms with Crippen LogP contribution in [0.15, 0.2) is 18.3 Å². The number of carbonyl (C=O) groups is 1. The number of β-amino-alcohol motifs (C(OH)–C–C–N with tert-alkyl or cyclic N) is 1. The summed E-state index contributed by atoms with van der Waals surface area (Å²) in [6.07, 6.45) is -0.409. The predicted octanol–water partition coefficient (Wildman–Crippen LogP) is 1.32. The molecular weight excluding hydrogens is 270 g/mol. The van der Waals surface area contributed by atoms with Gasteiger partial charge in [0.2, 0.25) is 0 Å². The lowest BCUT2D eigenvalue weighted by molar-refractivity contribution is 0.0457. The number of aliphatic hydroxyl groups excluding tert-OH is 1. The Labute approximate surface area is 115 Å². The van der Waals surface area contributed by atoms with Gasteiger partial charge in [0.15, 0.2) is 11.4 Å². The lowest BCUT2D eigenvalue weighted by Crippen LogP contribution is -2.42. The molecule has 1 aliphatic heterocycles. The molecule has 1 aromatic rings. The minimum atomic E-state index is -2.62. The van der Waals surface area contributed by atoms with E-state index in [4.69, 9.17) is 4.74 Å². The summed E-state index contributed by atoms with van der Waals surface area (Å²) >= 11 is 0. The maximum Gasteiger partial charge on any atom is 0.276 e. The predicted molar refractivity (Wildman–Crippen MR) is 66.9 cm³/mol. The lowest BCUT2D eigenvalue weighted by atomic mass is 10.1. The van der Waals surface area contributed by atoms with Crippen molar-refractivity contribution in [2.75, 3.05) is 19.7 Å². The number of aliphatic hydroxyl groups is 1. The van der Waals surface area contributed by atoms with E-state index in [0.717, 1.165) is 0 Å². The van der Waals surface area contributed by atoms with Gasteiger partial charge in [-0.3, -0.25) is 4.79 Å². The van der Waals surface area contributed by atoms with E-state index in [9.17, 15) is 18.7 Å². The maximum atomic E-state index is 12.3. The Morgan fingerprint density at radius 2 is 2.40 bits per heavy atom. The molecule has 1 saturated heterocycles. The van der Waals surface area contributed by atoms with Gasteiger partial charge in [-0.25, -0.2) is 13.8 Å². The molecule has 0 aliphatic carbocycles. The molecule has 1 fully saturated rings. The quantitative estimate of drug-likeness (QED) is 0.907. The average molecular weight is 286 g/mol. The zero-order valence-electron chi connectivity index (χ0n) is 10.8. The molecule has 2 heterocycles. The van der Waals surface area contributed by atoms with Gasteiger partial charge in [-0.2, -0.15) is 0 Å². The molecule has 1 aliphatic rings. The number of rotatable bonds is 4. The van der Waals surface area contributed by atoms with Crippen molar-refractivity contribution in [2.45, 2.75) is 25.4 Å². The van der Waals surface area contributed by atoms with Crippen LogP contribution in [-0.4, -0.2) is 53.1 Å². The molecule has 1 unspecified atom stereocenters. The number of pyridine rings is 1. The Morgan fingerprint density at radius 3 is 3.10 bits per heavy atom. The number of alkyl halides is 2. The molecule has 20 heavy (non-hydrogen) atoms. The zero-order valence-corrected chi connectivity index (χ0v) is 10.8. The fraction of sp³-hybridized carbons (Fsp3) is 0.538. The van der Waals surface area contributed by atoms with Crippen molar-refractivity contribution in [3.05, 3.63) is 24.0 Å². The topological polar surface area (TPSA) is 62.7 Å². The molecule has 1 aromatic heterocycles. The number of likely N-dealkylation sites (tertiary alicyclic amines) is 1. The Hall–Kier alpha value is -1.76. The summed E-state index contributed by atoms with van der Waals surface area (Å²) in [6, 6.07) is 2.95. The van der Waals surface area contributed by atoms with Crippen LogP contribution in [-0.2, 0) is 0 Å². The summed E-state index contributed by atoms with van der Waals surface area (Å²) in [5.74, 6) is -0.369. The minimum Gasteiger partial charge on any atom is -0.485 e. The van der Waals surface area contributed by atoms with Crippen molar-refractivity contribution in [3.63, 3.8) is 0 Å². The van der Waals surface area contributed by atoms with Crippen LogP contribution in [0.25, 0.3) is 0 Å². The van der Waals surface area contributed by atoms with E-state index in [2.05, 4.69) is 4.98 Å². The number of carbonyl (C=O) groups excluding carboxylic acids is 1. The smallest absolute Gasteiger partial charge is 0.276 e. The second-order valence-corrected chi connectivity index (χ2v) is 4.60.